The minimum atomic E-state index is -0.0473. The second-order valence-corrected chi connectivity index (χ2v) is 4.29. The summed E-state index contributed by atoms with van der Waals surface area (Å²) >= 11 is 0. The van der Waals surface area contributed by atoms with Gasteiger partial charge in [-0.2, -0.15) is 10.1 Å². The number of carbonyl (C=O) groups is 1. The number of nitrogens with zero attached hydrogens (tertiary/aromatic N) is 2. The quantitative estimate of drug-likeness (QED) is 0.738. The molecule has 1 heterocycles. The molecule has 2 aromatic carbocycles. The molecule has 3 nitrogen and oxygen atoms in total. The maximum absolute atomic E-state index is 11.7. The van der Waals surface area contributed by atoms with Gasteiger partial charge >= 0.3 is 0 Å². The Labute approximate surface area is 105 Å². The SMILES string of the molecule is Cc1ccc(/C=N\N2C(=O)c3ccccc32)cc1. The van der Waals surface area contributed by atoms with Gasteiger partial charge in [0, 0.05) is 0 Å². The number of carbonyl (C=O) groups excluding carboxylic acids is 1. The van der Waals surface area contributed by atoms with E-state index in [0.717, 1.165) is 16.8 Å². The van der Waals surface area contributed by atoms with E-state index in [1.165, 1.54) is 10.6 Å². The molecule has 3 heteroatoms. The lowest BCUT2D eigenvalue weighted by atomic mass is 10.1. The van der Waals surface area contributed by atoms with Gasteiger partial charge in [0.2, 0.25) is 0 Å². The first-order valence-corrected chi connectivity index (χ1v) is 5.80. The zero-order valence-corrected chi connectivity index (χ0v) is 10.00. The second kappa shape index (κ2) is 4.11. The molecule has 0 unspecified atom stereocenters. The Kier molecular flexibility index (Phi) is 2.45. The second-order valence-electron chi connectivity index (χ2n) is 4.29. The van der Waals surface area contributed by atoms with Crippen molar-refractivity contribution in [3.63, 3.8) is 0 Å². The van der Waals surface area contributed by atoms with Crippen molar-refractivity contribution >= 4 is 17.8 Å². The van der Waals surface area contributed by atoms with Crippen LogP contribution in [0.4, 0.5) is 5.69 Å². The molecule has 0 aromatic heterocycles. The van der Waals surface area contributed by atoms with Crippen LogP contribution in [0.25, 0.3) is 0 Å². The minimum absolute atomic E-state index is 0.0473. The number of fused-ring (bicyclic) bond motifs is 1. The van der Waals surface area contributed by atoms with E-state index in [1.54, 1.807) is 6.21 Å². The maximum atomic E-state index is 11.7. The van der Waals surface area contributed by atoms with E-state index in [0.29, 0.717) is 0 Å². The summed E-state index contributed by atoms with van der Waals surface area (Å²) in [7, 11) is 0. The molecule has 0 N–H and O–H groups in total. The topological polar surface area (TPSA) is 32.7 Å². The van der Waals surface area contributed by atoms with Gasteiger partial charge in [0.05, 0.1) is 17.5 Å². The van der Waals surface area contributed by atoms with Gasteiger partial charge in [-0.05, 0) is 24.6 Å². The summed E-state index contributed by atoms with van der Waals surface area (Å²) < 4.78 is 0. The van der Waals surface area contributed by atoms with E-state index >= 15 is 0 Å². The molecule has 1 aliphatic rings. The number of hydrazone groups is 1. The highest BCUT2D eigenvalue weighted by Gasteiger charge is 2.31. The predicted molar refractivity (Wildman–Crippen MR) is 72.0 cm³/mol. The van der Waals surface area contributed by atoms with Gasteiger partial charge in [0.15, 0.2) is 0 Å². The zero-order chi connectivity index (χ0) is 12.5. The number of amides is 1. The van der Waals surface area contributed by atoms with Crippen molar-refractivity contribution in [2.75, 3.05) is 5.01 Å². The Bertz CT molecular complexity index is 629. The number of rotatable bonds is 2. The lowest BCUT2D eigenvalue weighted by Crippen LogP contribution is -2.36. The first-order valence-electron chi connectivity index (χ1n) is 5.80. The fraction of sp³-hybridized carbons (Fsp3) is 0.0667. The molecule has 0 saturated heterocycles. The fourth-order valence-electron chi connectivity index (χ4n) is 1.90. The van der Waals surface area contributed by atoms with Crippen LogP contribution in [0.2, 0.25) is 0 Å². The number of benzene rings is 2. The first kappa shape index (κ1) is 10.7. The van der Waals surface area contributed by atoms with E-state index < -0.39 is 0 Å². The molecule has 0 atom stereocenters. The molecule has 1 amide bonds. The summed E-state index contributed by atoms with van der Waals surface area (Å²) in [6.45, 7) is 2.04. The molecular weight excluding hydrogens is 224 g/mol. The largest absolute Gasteiger partial charge is 0.280 e. The molecule has 0 aliphatic carbocycles. The van der Waals surface area contributed by atoms with E-state index in [1.807, 2.05) is 55.5 Å². The fourth-order valence-corrected chi connectivity index (χ4v) is 1.90. The highest BCUT2D eigenvalue weighted by molar-refractivity contribution is 6.19. The van der Waals surface area contributed by atoms with Crippen LogP contribution in [-0.2, 0) is 0 Å². The van der Waals surface area contributed by atoms with Crippen LogP contribution in [-0.4, -0.2) is 12.1 Å². The van der Waals surface area contributed by atoms with E-state index in [4.69, 9.17) is 0 Å². The molecule has 0 radical (unpaired) electrons. The van der Waals surface area contributed by atoms with Gasteiger partial charge in [-0.1, -0.05) is 42.0 Å². The van der Waals surface area contributed by atoms with Gasteiger partial charge in [-0.25, -0.2) is 0 Å². The van der Waals surface area contributed by atoms with Crippen molar-refractivity contribution in [3.05, 3.63) is 65.2 Å². The molecule has 88 valence electrons. The summed E-state index contributed by atoms with van der Waals surface area (Å²) in [6.07, 6.45) is 1.70. The number of aryl methyl sites for hydroxylation is 1. The Balaban J connectivity index is 1.83. The zero-order valence-electron chi connectivity index (χ0n) is 10.00. The van der Waals surface area contributed by atoms with Crippen molar-refractivity contribution in [3.8, 4) is 0 Å². The molecule has 1 aliphatic heterocycles. The maximum Gasteiger partial charge on any atom is 0.280 e. The summed E-state index contributed by atoms with van der Waals surface area (Å²) in [5.41, 5.74) is 3.79. The normalized spacial score (nSPS) is 13.6. The van der Waals surface area contributed by atoms with Crippen LogP contribution in [0, 0.1) is 6.92 Å². The van der Waals surface area contributed by atoms with Crippen LogP contribution >= 0.6 is 0 Å². The van der Waals surface area contributed by atoms with Crippen molar-refractivity contribution in [2.45, 2.75) is 6.92 Å². The van der Waals surface area contributed by atoms with E-state index in [-0.39, 0.29) is 5.91 Å². The smallest absolute Gasteiger partial charge is 0.267 e. The van der Waals surface area contributed by atoms with Crippen LogP contribution < -0.4 is 5.01 Å². The third-order valence-corrected chi connectivity index (χ3v) is 2.95. The summed E-state index contributed by atoms with van der Waals surface area (Å²) in [4.78, 5) is 11.7. The Morgan fingerprint density at radius 2 is 1.78 bits per heavy atom. The lowest BCUT2D eigenvalue weighted by Gasteiger charge is -2.28. The Morgan fingerprint density at radius 3 is 2.56 bits per heavy atom. The van der Waals surface area contributed by atoms with Gasteiger partial charge in [-0.3, -0.25) is 4.79 Å². The van der Waals surface area contributed by atoms with Crippen molar-refractivity contribution in [1.29, 1.82) is 0 Å². The predicted octanol–water partition coefficient (Wildman–Crippen LogP) is 2.99. The first-order chi connectivity index (χ1) is 8.75. The van der Waals surface area contributed by atoms with Crippen LogP contribution in [0.15, 0.2) is 53.6 Å². The third kappa shape index (κ3) is 1.70. The van der Waals surface area contributed by atoms with Gasteiger partial charge in [0.25, 0.3) is 5.91 Å². The lowest BCUT2D eigenvalue weighted by molar-refractivity contribution is 0.0967. The summed E-state index contributed by atoms with van der Waals surface area (Å²) in [5.74, 6) is -0.0473. The van der Waals surface area contributed by atoms with Crippen LogP contribution in [0.1, 0.15) is 21.5 Å². The molecule has 0 fully saturated rings. The van der Waals surface area contributed by atoms with Crippen LogP contribution in [0.5, 0.6) is 0 Å². The highest BCUT2D eigenvalue weighted by atomic mass is 16.2. The summed E-state index contributed by atoms with van der Waals surface area (Å²) in [5, 5.41) is 5.64. The summed E-state index contributed by atoms with van der Waals surface area (Å²) in [6, 6.07) is 15.5. The number of para-hydroxylation sites is 1. The van der Waals surface area contributed by atoms with Crippen molar-refractivity contribution < 1.29 is 4.79 Å². The Hall–Kier alpha value is -2.42. The monoisotopic (exact) mass is 236 g/mol. The standard InChI is InChI=1S/C15H12N2O/c1-11-6-8-12(9-7-11)10-16-17-14-5-3-2-4-13(14)15(17)18/h2-10H,1H3/b16-10-. The molecule has 0 saturated carbocycles. The molecule has 0 bridgehead atoms. The Morgan fingerprint density at radius 1 is 1.06 bits per heavy atom. The number of hydrogen-bond acceptors (Lipinski definition) is 2. The highest BCUT2D eigenvalue weighted by Crippen LogP contribution is 2.32. The van der Waals surface area contributed by atoms with E-state index in [9.17, 15) is 4.79 Å². The van der Waals surface area contributed by atoms with Crippen molar-refractivity contribution in [2.24, 2.45) is 5.10 Å². The molecule has 3 rings (SSSR count). The average molecular weight is 236 g/mol. The van der Waals surface area contributed by atoms with Gasteiger partial charge in [0.1, 0.15) is 0 Å². The van der Waals surface area contributed by atoms with Gasteiger partial charge in [-0.15, -0.1) is 0 Å². The van der Waals surface area contributed by atoms with Crippen molar-refractivity contribution in [1.82, 2.24) is 0 Å². The molecule has 0 spiro atoms. The minimum Gasteiger partial charge on any atom is -0.267 e. The van der Waals surface area contributed by atoms with Crippen LogP contribution in [0.3, 0.4) is 0 Å². The van der Waals surface area contributed by atoms with Gasteiger partial charge < -0.3 is 0 Å². The molecule has 2 aromatic rings. The number of hydrogen-bond donors (Lipinski definition) is 0. The third-order valence-electron chi connectivity index (χ3n) is 2.95. The number of anilines is 1. The molecule has 18 heavy (non-hydrogen) atoms. The average Bonchev–Trinajstić information content (AvgIpc) is 2.41. The van der Waals surface area contributed by atoms with E-state index in [2.05, 4.69) is 5.10 Å². The molecular formula is C15H12N2O.